The van der Waals surface area contributed by atoms with E-state index in [2.05, 4.69) is 20.2 Å². The fourth-order valence-corrected chi connectivity index (χ4v) is 2.86. The second-order valence-electron chi connectivity index (χ2n) is 5.89. The van der Waals surface area contributed by atoms with Crippen molar-refractivity contribution in [2.75, 3.05) is 0 Å². The minimum Gasteiger partial charge on any atom is -0.287 e. The van der Waals surface area contributed by atoms with Gasteiger partial charge in [-0.25, -0.2) is 9.97 Å². The fraction of sp³-hybridized carbons (Fsp3) is 0.0476. The molecule has 0 saturated heterocycles. The summed E-state index contributed by atoms with van der Waals surface area (Å²) in [6.45, 7) is 0. The molecule has 2 aromatic heterocycles. The van der Waals surface area contributed by atoms with Crippen LogP contribution in [0.3, 0.4) is 0 Å². The van der Waals surface area contributed by atoms with E-state index in [1.165, 1.54) is 0 Å². The van der Waals surface area contributed by atoms with Crippen molar-refractivity contribution in [3.8, 4) is 22.5 Å². The Hall–Kier alpha value is -3.60. The zero-order chi connectivity index (χ0) is 17.8. The Kier molecular flexibility index (Phi) is 4.35. The molecule has 0 amide bonds. The van der Waals surface area contributed by atoms with E-state index in [9.17, 15) is 4.79 Å². The highest BCUT2D eigenvalue weighted by Crippen LogP contribution is 2.18. The molecule has 1 N–H and O–H groups in total. The highest BCUT2D eigenvalue weighted by atomic mass is 16.1. The largest absolute Gasteiger partial charge is 0.287 e. The summed E-state index contributed by atoms with van der Waals surface area (Å²) in [7, 11) is 0. The van der Waals surface area contributed by atoms with Crippen molar-refractivity contribution in [1.29, 1.82) is 0 Å². The molecule has 5 heteroatoms. The monoisotopic (exact) mass is 340 g/mol. The lowest BCUT2D eigenvalue weighted by atomic mass is 10.0. The Morgan fingerprint density at radius 2 is 1.62 bits per heavy atom. The lowest BCUT2D eigenvalue weighted by molar-refractivity contribution is 0.923. The van der Waals surface area contributed by atoms with Gasteiger partial charge < -0.3 is 0 Å². The van der Waals surface area contributed by atoms with Crippen molar-refractivity contribution in [1.82, 2.24) is 20.2 Å². The zero-order valence-electron chi connectivity index (χ0n) is 14.0. The maximum atomic E-state index is 12.8. The van der Waals surface area contributed by atoms with Gasteiger partial charge in [0.2, 0.25) is 5.43 Å². The number of aromatic amines is 1. The maximum absolute atomic E-state index is 12.8. The van der Waals surface area contributed by atoms with Crippen LogP contribution in [-0.4, -0.2) is 20.2 Å². The number of benzene rings is 2. The second-order valence-corrected chi connectivity index (χ2v) is 5.89. The predicted molar refractivity (Wildman–Crippen MR) is 101 cm³/mol. The Morgan fingerprint density at radius 3 is 2.42 bits per heavy atom. The van der Waals surface area contributed by atoms with Gasteiger partial charge in [-0.1, -0.05) is 48.5 Å². The summed E-state index contributed by atoms with van der Waals surface area (Å²) in [5.74, 6) is 0.661. The van der Waals surface area contributed by atoms with Crippen LogP contribution in [-0.2, 0) is 6.42 Å². The van der Waals surface area contributed by atoms with E-state index in [1.807, 2.05) is 54.6 Å². The van der Waals surface area contributed by atoms with E-state index in [1.54, 1.807) is 24.7 Å². The van der Waals surface area contributed by atoms with Crippen LogP contribution < -0.4 is 5.43 Å². The summed E-state index contributed by atoms with van der Waals surface area (Å²) >= 11 is 0. The molecule has 0 aliphatic heterocycles. The Bertz CT molecular complexity index is 1080. The first-order valence-electron chi connectivity index (χ1n) is 8.30. The highest BCUT2D eigenvalue weighted by molar-refractivity contribution is 5.62. The molecule has 0 bridgehead atoms. The number of aromatic nitrogens is 4. The van der Waals surface area contributed by atoms with E-state index in [4.69, 9.17) is 0 Å². The first kappa shape index (κ1) is 15.9. The minimum atomic E-state index is -0.0590. The summed E-state index contributed by atoms with van der Waals surface area (Å²) in [5, 5.41) is 7.05. The molecular weight excluding hydrogens is 324 g/mol. The predicted octanol–water partition coefficient (Wildman–Crippen LogP) is 3.48. The summed E-state index contributed by atoms with van der Waals surface area (Å²) < 4.78 is 0. The van der Waals surface area contributed by atoms with Gasteiger partial charge in [-0.05, 0) is 23.3 Å². The van der Waals surface area contributed by atoms with Crippen LogP contribution in [0.15, 0.2) is 84.0 Å². The topological polar surface area (TPSA) is 71.5 Å². The normalized spacial score (nSPS) is 10.6. The summed E-state index contributed by atoms with van der Waals surface area (Å²) in [5.41, 5.74) is 3.83. The Labute approximate surface area is 150 Å². The van der Waals surface area contributed by atoms with Crippen molar-refractivity contribution < 1.29 is 0 Å². The second kappa shape index (κ2) is 7.11. The van der Waals surface area contributed by atoms with Crippen LogP contribution in [0.2, 0.25) is 0 Å². The molecular formula is C21H16N4O. The van der Waals surface area contributed by atoms with Crippen LogP contribution in [0, 0.1) is 0 Å². The maximum Gasteiger partial charge on any atom is 0.211 e. The molecule has 4 rings (SSSR count). The van der Waals surface area contributed by atoms with Gasteiger partial charge in [0, 0.05) is 36.1 Å². The van der Waals surface area contributed by atoms with Gasteiger partial charge in [-0.15, -0.1) is 0 Å². The molecule has 2 aromatic carbocycles. The molecule has 0 aliphatic rings. The first-order chi connectivity index (χ1) is 12.8. The van der Waals surface area contributed by atoms with Crippen LogP contribution in [0.25, 0.3) is 22.5 Å². The third-order valence-corrected chi connectivity index (χ3v) is 4.12. The number of hydrogen-bond donors (Lipinski definition) is 1. The third-order valence-electron chi connectivity index (χ3n) is 4.12. The van der Waals surface area contributed by atoms with Gasteiger partial charge in [0.05, 0.1) is 0 Å². The summed E-state index contributed by atoms with van der Waals surface area (Å²) in [4.78, 5) is 21.4. The molecule has 26 heavy (non-hydrogen) atoms. The fourth-order valence-electron chi connectivity index (χ4n) is 2.86. The van der Waals surface area contributed by atoms with E-state index in [-0.39, 0.29) is 5.43 Å². The summed E-state index contributed by atoms with van der Waals surface area (Å²) in [6.07, 6.45) is 5.52. The number of hydrogen-bond acceptors (Lipinski definition) is 4. The Morgan fingerprint density at radius 1 is 0.846 bits per heavy atom. The van der Waals surface area contributed by atoms with E-state index < -0.39 is 0 Å². The SMILES string of the molecule is O=c1c(-c2ccccc2)c[nH]nc1Cc1cccc(-c2ncccn2)c1. The number of rotatable bonds is 4. The van der Waals surface area contributed by atoms with E-state index in [0.717, 1.165) is 16.7 Å². The van der Waals surface area contributed by atoms with Crippen molar-refractivity contribution in [2.24, 2.45) is 0 Å². The van der Waals surface area contributed by atoms with E-state index in [0.29, 0.717) is 23.5 Å². The molecule has 0 atom stereocenters. The molecule has 0 saturated carbocycles. The van der Waals surface area contributed by atoms with Gasteiger partial charge in [-0.3, -0.25) is 9.89 Å². The third kappa shape index (κ3) is 3.28. The van der Waals surface area contributed by atoms with Crippen LogP contribution in [0.1, 0.15) is 11.3 Å². The molecule has 0 spiro atoms. The molecule has 4 aromatic rings. The quantitative estimate of drug-likeness (QED) is 0.617. The van der Waals surface area contributed by atoms with Crippen molar-refractivity contribution >= 4 is 0 Å². The van der Waals surface area contributed by atoms with Crippen molar-refractivity contribution in [2.45, 2.75) is 6.42 Å². The highest BCUT2D eigenvalue weighted by Gasteiger charge is 2.10. The van der Waals surface area contributed by atoms with Crippen LogP contribution in [0.5, 0.6) is 0 Å². The molecule has 126 valence electrons. The molecule has 0 fully saturated rings. The van der Waals surface area contributed by atoms with Gasteiger partial charge in [0.15, 0.2) is 5.82 Å². The van der Waals surface area contributed by atoms with E-state index >= 15 is 0 Å². The lowest BCUT2D eigenvalue weighted by Gasteiger charge is -2.06. The van der Waals surface area contributed by atoms with Crippen LogP contribution >= 0.6 is 0 Å². The van der Waals surface area contributed by atoms with Crippen LogP contribution in [0.4, 0.5) is 0 Å². The first-order valence-corrected chi connectivity index (χ1v) is 8.30. The molecule has 0 aliphatic carbocycles. The summed E-state index contributed by atoms with van der Waals surface area (Å²) in [6, 6.07) is 19.2. The molecule has 2 heterocycles. The Balaban J connectivity index is 1.68. The standard InChI is InChI=1S/C21H16N4O/c26-20-18(16-7-2-1-3-8-16)14-24-25-19(20)13-15-6-4-9-17(12-15)21-22-10-5-11-23-21/h1-12,14H,13H2,(H,24,26). The number of nitrogens with one attached hydrogen (secondary N) is 1. The average molecular weight is 340 g/mol. The molecule has 0 radical (unpaired) electrons. The number of H-pyrrole nitrogens is 1. The number of nitrogens with zero attached hydrogens (tertiary/aromatic N) is 3. The van der Waals surface area contributed by atoms with Gasteiger partial charge in [0.1, 0.15) is 5.69 Å². The lowest BCUT2D eigenvalue weighted by Crippen LogP contribution is -2.15. The zero-order valence-corrected chi connectivity index (χ0v) is 14.0. The van der Waals surface area contributed by atoms with Gasteiger partial charge >= 0.3 is 0 Å². The van der Waals surface area contributed by atoms with Crippen molar-refractivity contribution in [3.63, 3.8) is 0 Å². The minimum absolute atomic E-state index is 0.0590. The van der Waals surface area contributed by atoms with Crippen molar-refractivity contribution in [3.05, 3.63) is 101 Å². The average Bonchev–Trinajstić information content (AvgIpc) is 2.71. The molecule has 0 unspecified atom stereocenters. The smallest absolute Gasteiger partial charge is 0.211 e. The van der Waals surface area contributed by atoms with Gasteiger partial charge in [0.25, 0.3) is 0 Å². The molecule has 5 nitrogen and oxygen atoms in total. The van der Waals surface area contributed by atoms with Gasteiger partial charge in [-0.2, -0.15) is 5.10 Å².